The van der Waals surface area contributed by atoms with E-state index in [1.165, 1.54) is 12.1 Å². The molecule has 0 unspecified atom stereocenters. The summed E-state index contributed by atoms with van der Waals surface area (Å²) in [5, 5.41) is 30.5. The average molecular weight is 532 g/mol. The van der Waals surface area contributed by atoms with E-state index in [2.05, 4.69) is 15.9 Å². The molecule has 1 radical (unpaired) electrons. The van der Waals surface area contributed by atoms with E-state index < -0.39 is 5.92 Å². The lowest BCUT2D eigenvalue weighted by molar-refractivity contribution is 0.0423. The van der Waals surface area contributed by atoms with Crippen molar-refractivity contribution in [1.29, 1.82) is 0 Å². The molecule has 3 aromatic carbocycles. The predicted octanol–water partition coefficient (Wildman–Crippen LogP) is 4.48. The number of phenols is 2. The number of hydrogen-bond acceptors (Lipinski definition) is 6. The number of aliphatic hydroxyl groups is 1. The summed E-state index contributed by atoms with van der Waals surface area (Å²) in [7, 11) is 0. The summed E-state index contributed by atoms with van der Waals surface area (Å²) in [5.41, 5.74) is 2.42. The second-order valence-corrected chi connectivity index (χ2v) is 10.8. The lowest BCUT2D eigenvalue weighted by atomic mass is 9.67. The molecule has 205 valence electrons. The predicted molar refractivity (Wildman–Crippen MR) is 148 cm³/mol. The van der Waals surface area contributed by atoms with Crippen molar-refractivity contribution in [2.45, 2.75) is 37.6 Å². The second kappa shape index (κ2) is 11.9. The number of rotatable bonds is 7. The number of benzene rings is 3. The number of Topliss-reactive ketones (excluding diaryl/α,β-unsaturated/α-hetero) is 1. The highest BCUT2D eigenvalue weighted by Crippen LogP contribution is 2.48. The van der Waals surface area contributed by atoms with Crippen LogP contribution in [0.2, 0.25) is 0 Å². The van der Waals surface area contributed by atoms with E-state index in [4.69, 9.17) is 0 Å². The van der Waals surface area contributed by atoms with Crippen LogP contribution in [0.4, 0.5) is 4.39 Å². The van der Waals surface area contributed by atoms with Crippen LogP contribution < -0.4 is 0 Å². The molecule has 0 spiro atoms. The number of carbonyl (C=O) groups is 1. The molecule has 2 heterocycles. The molecule has 0 bridgehead atoms. The first kappa shape index (κ1) is 27.3. The van der Waals surface area contributed by atoms with Crippen LogP contribution in [0, 0.1) is 24.7 Å². The Kier molecular flexibility index (Phi) is 8.31. The first-order valence-corrected chi connectivity index (χ1v) is 13.7. The summed E-state index contributed by atoms with van der Waals surface area (Å²) in [4.78, 5) is 18.8. The van der Waals surface area contributed by atoms with Gasteiger partial charge in [0.05, 0.1) is 6.61 Å². The Morgan fingerprint density at radius 2 is 1.82 bits per heavy atom. The van der Waals surface area contributed by atoms with Crippen molar-refractivity contribution >= 4 is 5.78 Å². The minimum Gasteiger partial charge on any atom is -0.508 e. The van der Waals surface area contributed by atoms with Crippen LogP contribution in [0.5, 0.6) is 11.5 Å². The van der Waals surface area contributed by atoms with Crippen LogP contribution in [0.3, 0.4) is 0 Å². The van der Waals surface area contributed by atoms with Gasteiger partial charge in [0.25, 0.3) is 0 Å². The van der Waals surface area contributed by atoms with E-state index in [0.717, 1.165) is 37.1 Å². The molecule has 3 aromatic rings. The van der Waals surface area contributed by atoms with Gasteiger partial charge in [0.15, 0.2) is 5.78 Å². The maximum Gasteiger partial charge on any atom is 0.167 e. The number of phenolic OH excluding ortho intramolecular Hbond substituents is 2. The molecule has 3 N–H and O–H groups in total. The summed E-state index contributed by atoms with van der Waals surface area (Å²) in [6.07, 6.45) is 1.83. The molecule has 39 heavy (non-hydrogen) atoms. The van der Waals surface area contributed by atoms with Gasteiger partial charge in [-0.15, -0.1) is 0 Å². The Bertz CT molecular complexity index is 1310. The van der Waals surface area contributed by atoms with E-state index in [-0.39, 0.29) is 47.6 Å². The molecule has 2 fully saturated rings. The Morgan fingerprint density at radius 3 is 2.54 bits per heavy atom. The molecule has 2 aliphatic rings. The minimum atomic E-state index is -0.523. The zero-order valence-electron chi connectivity index (χ0n) is 22.3. The molecular formula is C32H36FN2O4. The first-order valence-electron chi connectivity index (χ1n) is 13.7. The maximum atomic E-state index is 14.9. The van der Waals surface area contributed by atoms with E-state index in [0.29, 0.717) is 30.8 Å². The second-order valence-electron chi connectivity index (χ2n) is 10.8. The maximum absolute atomic E-state index is 14.9. The standard InChI is InChI=1S/C32H36FN2O4/c1-21-25(9-5-10-29(21)33)31-27(26-8-2-3-11-30(26)38)19-35(23-12-14-34(15-13-23)16-17-36)20-28(31)32(39)22-6-4-7-24(37)18-22/h2,4-11,18,23,27-28,31,36-38H,12-17,19-20H2,1H3/t27-,28+,31-/m1/s1. The molecule has 5 rings (SSSR count). The molecular weight excluding hydrogens is 495 g/mol. The number of hydrogen-bond donors (Lipinski definition) is 3. The van der Waals surface area contributed by atoms with Gasteiger partial charge in [0.2, 0.25) is 0 Å². The Labute approximate surface area is 229 Å². The van der Waals surface area contributed by atoms with Crippen molar-refractivity contribution in [3.63, 3.8) is 0 Å². The Morgan fingerprint density at radius 1 is 1.05 bits per heavy atom. The van der Waals surface area contributed by atoms with Crippen LogP contribution in [0.15, 0.2) is 60.7 Å². The normalized spacial score (nSPS) is 23.1. The van der Waals surface area contributed by atoms with Gasteiger partial charge in [0, 0.05) is 49.0 Å². The van der Waals surface area contributed by atoms with Crippen LogP contribution in [-0.2, 0) is 0 Å². The van der Waals surface area contributed by atoms with Gasteiger partial charge in [-0.05, 0) is 79.9 Å². The van der Waals surface area contributed by atoms with E-state index in [1.807, 2.05) is 12.1 Å². The molecule has 2 aliphatic heterocycles. The fourth-order valence-electron chi connectivity index (χ4n) is 6.61. The highest BCUT2D eigenvalue weighted by Gasteiger charge is 2.45. The smallest absolute Gasteiger partial charge is 0.167 e. The van der Waals surface area contributed by atoms with Gasteiger partial charge >= 0.3 is 0 Å². The highest BCUT2D eigenvalue weighted by molar-refractivity contribution is 5.99. The third-order valence-electron chi connectivity index (χ3n) is 8.63. The lowest BCUT2D eigenvalue weighted by Gasteiger charge is -2.48. The number of β-amino-alcohol motifs (C(OH)–C–C–N with tert-alkyl or cyclic N) is 1. The van der Waals surface area contributed by atoms with Crippen LogP contribution in [0.1, 0.15) is 51.7 Å². The lowest BCUT2D eigenvalue weighted by Crippen LogP contribution is -2.53. The Hall–Kier alpha value is -3.26. The summed E-state index contributed by atoms with van der Waals surface area (Å²) in [6, 6.07) is 19.8. The van der Waals surface area contributed by atoms with Crippen LogP contribution in [-0.4, -0.2) is 76.3 Å². The van der Waals surface area contributed by atoms with Crippen LogP contribution in [0.25, 0.3) is 0 Å². The van der Waals surface area contributed by atoms with E-state index >= 15 is 0 Å². The molecule has 0 amide bonds. The van der Waals surface area contributed by atoms with Crippen molar-refractivity contribution in [2.75, 3.05) is 39.3 Å². The van der Waals surface area contributed by atoms with E-state index in [9.17, 15) is 24.5 Å². The molecule has 3 atom stereocenters. The molecule has 2 saturated heterocycles. The average Bonchev–Trinajstić information content (AvgIpc) is 2.94. The van der Waals surface area contributed by atoms with E-state index in [1.54, 1.807) is 43.3 Å². The number of carbonyl (C=O) groups excluding carboxylic acids is 1. The monoisotopic (exact) mass is 531 g/mol. The number of ketones is 1. The van der Waals surface area contributed by atoms with Gasteiger partial charge in [-0.3, -0.25) is 9.69 Å². The summed E-state index contributed by atoms with van der Waals surface area (Å²) < 4.78 is 14.9. The quantitative estimate of drug-likeness (QED) is 0.390. The van der Waals surface area contributed by atoms with Gasteiger partial charge in [-0.25, -0.2) is 4.39 Å². The largest absolute Gasteiger partial charge is 0.508 e. The van der Waals surface area contributed by atoms with Gasteiger partial charge in [-0.1, -0.05) is 36.4 Å². The minimum absolute atomic E-state index is 0.0241. The number of nitrogens with zero attached hydrogens (tertiary/aromatic N) is 2. The number of piperidine rings is 2. The zero-order chi connectivity index (χ0) is 27.5. The van der Waals surface area contributed by atoms with Gasteiger partial charge in [-0.2, -0.15) is 0 Å². The topological polar surface area (TPSA) is 84.2 Å². The molecule has 0 aromatic heterocycles. The highest BCUT2D eigenvalue weighted by atomic mass is 19.1. The number of aliphatic hydroxyl groups excluding tert-OH is 1. The first-order chi connectivity index (χ1) is 18.9. The van der Waals surface area contributed by atoms with Crippen molar-refractivity contribution in [1.82, 2.24) is 9.80 Å². The summed E-state index contributed by atoms with van der Waals surface area (Å²) in [5.74, 6) is -1.45. The fraction of sp³-hybridized carbons (Fsp3) is 0.406. The number of halogens is 1. The summed E-state index contributed by atoms with van der Waals surface area (Å²) >= 11 is 0. The van der Waals surface area contributed by atoms with Gasteiger partial charge in [0.1, 0.15) is 17.3 Å². The fourth-order valence-corrected chi connectivity index (χ4v) is 6.61. The van der Waals surface area contributed by atoms with Crippen molar-refractivity contribution in [3.8, 4) is 11.5 Å². The third-order valence-corrected chi connectivity index (χ3v) is 8.63. The molecule has 0 aliphatic carbocycles. The molecule has 0 saturated carbocycles. The molecule has 7 heteroatoms. The van der Waals surface area contributed by atoms with Crippen molar-refractivity contribution in [2.24, 2.45) is 5.92 Å². The molecule has 6 nitrogen and oxygen atoms in total. The number of likely N-dealkylation sites (tertiary alicyclic amines) is 2. The van der Waals surface area contributed by atoms with Crippen molar-refractivity contribution < 1.29 is 24.5 Å². The third kappa shape index (κ3) is 5.71. The SMILES string of the molecule is Cc1c(F)cccc1[C@H]1[C@@H](C(=O)c2cccc(O)c2)CN(C2CCN(CCO)CC2)C[C@@H]1c1cc[c]cc1O. The van der Waals surface area contributed by atoms with Crippen LogP contribution >= 0.6 is 0 Å². The van der Waals surface area contributed by atoms with Gasteiger partial charge < -0.3 is 20.2 Å². The number of aromatic hydroxyl groups is 2. The van der Waals surface area contributed by atoms with Crippen molar-refractivity contribution in [3.05, 3.63) is 94.8 Å². The summed E-state index contributed by atoms with van der Waals surface area (Å²) in [6.45, 7) is 5.40. The Balaban J connectivity index is 1.60. The zero-order valence-corrected chi connectivity index (χ0v) is 22.3.